The Kier molecular flexibility index (Phi) is 18.2. The zero-order chi connectivity index (χ0) is 24.4. The lowest BCUT2D eigenvalue weighted by Gasteiger charge is -2.01. The number of primary amides is 1. The molecule has 0 aliphatic heterocycles. The highest BCUT2D eigenvalue weighted by Crippen LogP contribution is 1.94. The van der Waals surface area contributed by atoms with Gasteiger partial charge in [-0.25, -0.2) is 4.79 Å². The Morgan fingerprint density at radius 3 is 1.23 bits per heavy atom. The smallest absolute Gasteiger partial charge is 0.372 e. The van der Waals surface area contributed by atoms with E-state index in [2.05, 4.69) is 0 Å². The van der Waals surface area contributed by atoms with Crippen molar-refractivity contribution < 1.29 is 59.1 Å². The van der Waals surface area contributed by atoms with Crippen LogP contribution in [0.15, 0.2) is 0 Å². The van der Waals surface area contributed by atoms with Crippen LogP contribution in [0.4, 0.5) is 0 Å². The average Bonchev–Trinajstić information content (AvgIpc) is 2.62. The van der Waals surface area contributed by atoms with Crippen LogP contribution in [0, 0.1) is 0 Å². The highest BCUT2D eigenvalue weighted by molar-refractivity contribution is 6.32. The number of carbonyl (C=O) groups excluding carboxylic acids is 2. The van der Waals surface area contributed by atoms with E-state index in [-0.39, 0.29) is 25.7 Å². The predicted molar refractivity (Wildman–Crippen MR) is 96.0 cm³/mol. The molecule has 0 heterocycles. The summed E-state index contributed by atoms with van der Waals surface area (Å²) in [7, 11) is 0. The first kappa shape index (κ1) is 31.1. The number of amides is 1. The molecule has 0 saturated carbocycles. The van der Waals surface area contributed by atoms with Gasteiger partial charge in [-0.15, -0.1) is 0 Å². The summed E-state index contributed by atoms with van der Waals surface area (Å²) in [5.74, 6) is -7.66. The van der Waals surface area contributed by atoms with E-state index >= 15 is 0 Å². The molecule has 0 bridgehead atoms. The highest BCUT2D eigenvalue weighted by atomic mass is 16.4. The molecule has 0 saturated heterocycles. The standard InChI is InChI=1S/C5H10N2O3.C5H9NO4.C5H6O5/c3*6-3(5(9)10)1-2-4(7)8/h3H,1-2,6H2,(H2,7,8)(H,9,10);3H,1-2,6H2,(H,7,8)(H,9,10);1-2H2,(H,7,8)(H,9,10)/t2*3-;/m00./s1. The predicted octanol–water partition coefficient (Wildman–Crippen LogP) is -2.57. The molecule has 0 aliphatic rings. The van der Waals surface area contributed by atoms with Crippen molar-refractivity contribution in [2.75, 3.05) is 0 Å². The summed E-state index contributed by atoms with van der Waals surface area (Å²) in [6, 6.07) is -2.04. The van der Waals surface area contributed by atoms with Gasteiger partial charge < -0.3 is 42.7 Å². The van der Waals surface area contributed by atoms with Crippen LogP contribution in [0.3, 0.4) is 0 Å². The second kappa shape index (κ2) is 17.5. The summed E-state index contributed by atoms with van der Waals surface area (Å²) in [6.45, 7) is 0. The third-order valence-corrected chi connectivity index (χ3v) is 2.81. The zero-order valence-corrected chi connectivity index (χ0v) is 15.7. The van der Waals surface area contributed by atoms with E-state index in [1.165, 1.54) is 0 Å². The molecule has 0 aromatic heterocycles. The Bertz CT molecular complexity index is 600. The Labute approximate surface area is 169 Å². The second-order valence-corrected chi connectivity index (χ2v) is 5.45. The molecule has 172 valence electrons. The minimum absolute atomic E-state index is 0.0213. The quantitative estimate of drug-likeness (QED) is 0.145. The van der Waals surface area contributed by atoms with Gasteiger partial charge in [-0.3, -0.25) is 28.8 Å². The van der Waals surface area contributed by atoms with Crippen molar-refractivity contribution in [2.45, 2.75) is 50.6 Å². The molecule has 0 aromatic rings. The molecule has 0 aromatic carbocycles. The van der Waals surface area contributed by atoms with E-state index in [1.54, 1.807) is 0 Å². The first-order valence-electron chi connectivity index (χ1n) is 8.06. The van der Waals surface area contributed by atoms with Crippen molar-refractivity contribution in [1.82, 2.24) is 0 Å². The molecule has 0 spiro atoms. The van der Waals surface area contributed by atoms with Crippen LogP contribution in [0.2, 0.25) is 0 Å². The van der Waals surface area contributed by atoms with Crippen LogP contribution in [0.5, 0.6) is 0 Å². The van der Waals surface area contributed by atoms with Gasteiger partial charge in [0.15, 0.2) is 0 Å². The van der Waals surface area contributed by atoms with Crippen molar-refractivity contribution in [1.29, 1.82) is 0 Å². The van der Waals surface area contributed by atoms with E-state index in [0.717, 1.165) is 0 Å². The number of carboxylic acids is 5. The van der Waals surface area contributed by atoms with Gasteiger partial charge in [-0.05, 0) is 12.8 Å². The van der Waals surface area contributed by atoms with E-state index in [9.17, 15) is 33.6 Å². The number of carboxylic acid groups (broad SMARTS) is 5. The summed E-state index contributed by atoms with van der Waals surface area (Å²) < 4.78 is 0. The van der Waals surface area contributed by atoms with Crippen LogP contribution in [-0.4, -0.2) is 79.2 Å². The second-order valence-electron chi connectivity index (χ2n) is 5.45. The van der Waals surface area contributed by atoms with Crippen molar-refractivity contribution >= 4 is 41.5 Å². The van der Waals surface area contributed by atoms with Gasteiger partial charge in [-0.1, -0.05) is 0 Å². The van der Waals surface area contributed by atoms with Crippen LogP contribution in [0.25, 0.3) is 0 Å². The maximum absolute atomic E-state index is 10.2. The molecule has 30 heavy (non-hydrogen) atoms. The van der Waals surface area contributed by atoms with Gasteiger partial charge >= 0.3 is 29.8 Å². The molecule has 0 aliphatic carbocycles. The number of hydrogen-bond acceptors (Lipinski definition) is 9. The molecule has 0 unspecified atom stereocenters. The molecule has 11 N–H and O–H groups in total. The molecule has 15 nitrogen and oxygen atoms in total. The lowest BCUT2D eigenvalue weighted by Crippen LogP contribution is -2.31. The van der Waals surface area contributed by atoms with Crippen molar-refractivity contribution in [2.24, 2.45) is 17.2 Å². The van der Waals surface area contributed by atoms with Gasteiger partial charge in [0.25, 0.3) is 0 Å². The van der Waals surface area contributed by atoms with Gasteiger partial charge in [0.2, 0.25) is 11.7 Å². The number of carbonyl (C=O) groups is 7. The molecule has 0 radical (unpaired) electrons. The minimum Gasteiger partial charge on any atom is -0.481 e. The molecule has 1 amide bonds. The van der Waals surface area contributed by atoms with Crippen LogP contribution >= 0.6 is 0 Å². The average molecular weight is 439 g/mol. The Balaban J connectivity index is -0.000000364. The van der Waals surface area contributed by atoms with Gasteiger partial charge in [0.05, 0.1) is 6.42 Å². The number of aliphatic carboxylic acids is 5. The summed E-state index contributed by atoms with van der Waals surface area (Å²) in [4.78, 5) is 69.7. The Hall–Kier alpha value is -3.59. The van der Waals surface area contributed by atoms with Gasteiger partial charge in [0, 0.05) is 19.3 Å². The van der Waals surface area contributed by atoms with Crippen LogP contribution in [0.1, 0.15) is 38.5 Å². The first-order chi connectivity index (χ1) is 13.6. The number of ketones is 1. The van der Waals surface area contributed by atoms with E-state index in [0.29, 0.717) is 0 Å². The van der Waals surface area contributed by atoms with Gasteiger partial charge in [-0.2, -0.15) is 0 Å². The number of rotatable bonds is 12. The van der Waals surface area contributed by atoms with Crippen molar-refractivity contribution in [3.05, 3.63) is 0 Å². The molecule has 0 rings (SSSR count). The number of Topliss-reactive ketones (excluding diaryl/α,β-unsaturated/α-hetero) is 1. The molecule has 2 atom stereocenters. The van der Waals surface area contributed by atoms with Crippen LogP contribution < -0.4 is 17.2 Å². The zero-order valence-electron chi connectivity index (χ0n) is 15.7. The highest BCUT2D eigenvalue weighted by Gasteiger charge is 2.13. The first-order valence-corrected chi connectivity index (χ1v) is 8.06. The summed E-state index contributed by atoms with van der Waals surface area (Å²) >= 11 is 0. The summed E-state index contributed by atoms with van der Waals surface area (Å²) in [5.41, 5.74) is 14.8. The van der Waals surface area contributed by atoms with Crippen molar-refractivity contribution in [3.8, 4) is 0 Å². The maximum Gasteiger partial charge on any atom is 0.372 e. The van der Waals surface area contributed by atoms with E-state index in [4.69, 9.17) is 42.7 Å². The van der Waals surface area contributed by atoms with Crippen molar-refractivity contribution in [3.63, 3.8) is 0 Å². The molecule has 15 heteroatoms. The molecule has 0 fully saturated rings. The lowest BCUT2D eigenvalue weighted by molar-refractivity contribution is -0.150. The number of hydrogen-bond donors (Lipinski definition) is 8. The minimum atomic E-state index is -1.58. The fraction of sp³-hybridized carbons (Fsp3) is 0.533. The van der Waals surface area contributed by atoms with E-state index < -0.39 is 66.5 Å². The van der Waals surface area contributed by atoms with E-state index in [1.807, 2.05) is 0 Å². The topological polar surface area (TPSA) is 299 Å². The van der Waals surface area contributed by atoms with Crippen LogP contribution in [-0.2, 0) is 33.6 Å². The maximum atomic E-state index is 10.2. The van der Waals surface area contributed by atoms with Gasteiger partial charge in [0.1, 0.15) is 12.1 Å². The normalized spacial score (nSPS) is 11.3. The number of nitrogens with two attached hydrogens (primary N) is 3. The Morgan fingerprint density at radius 1 is 0.600 bits per heavy atom. The summed E-state index contributed by atoms with van der Waals surface area (Å²) in [5, 5.41) is 40.4. The fourth-order valence-corrected chi connectivity index (χ4v) is 1.15. The third-order valence-electron chi connectivity index (χ3n) is 2.81. The Morgan fingerprint density at radius 2 is 0.967 bits per heavy atom. The molecular formula is C15H25N3O12. The monoisotopic (exact) mass is 439 g/mol. The largest absolute Gasteiger partial charge is 0.481 e. The lowest BCUT2D eigenvalue weighted by atomic mass is 10.2. The SMILES string of the molecule is NC(=O)CC[C@H](N)C(=O)O.N[C@@H](CCC(=O)O)C(=O)O.O=C(O)CCC(=O)C(=O)O. The summed E-state index contributed by atoms with van der Waals surface area (Å²) in [6.07, 6.45) is -0.966. The fourth-order valence-electron chi connectivity index (χ4n) is 1.15. The molecular weight excluding hydrogens is 414 g/mol. The third kappa shape index (κ3) is 24.4.